The number of rotatable bonds is 0. The number of fused-ring (bicyclic) bond motifs is 3. The zero-order chi connectivity index (χ0) is 9.38. The van der Waals surface area contributed by atoms with E-state index in [4.69, 9.17) is 0 Å². The van der Waals surface area contributed by atoms with Crippen molar-refractivity contribution >= 4 is 0 Å². The molecule has 3 aliphatic heterocycles. The molecule has 0 aromatic heterocycles. The minimum Gasteiger partial charge on any atom is -0.303 e. The number of benzene rings is 1. The first-order chi connectivity index (χ1) is 6.93. The molecule has 14 heavy (non-hydrogen) atoms. The molecule has 1 nitrogen and oxygen atoms in total. The molecular weight excluding hydrogens is 170 g/mol. The maximum Gasteiger partial charge on any atom is 0.00219 e. The predicted octanol–water partition coefficient (Wildman–Crippen LogP) is 2.42. The van der Waals surface area contributed by atoms with Crippen LogP contribution in [-0.4, -0.2) is 24.5 Å². The van der Waals surface area contributed by atoms with Crippen LogP contribution in [0.1, 0.15) is 29.9 Å². The highest BCUT2D eigenvalue weighted by Crippen LogP contribution is 2.32. The van der Waals surface area contributed by atoms with Crippen LogP contribution in [0.4, 0.5) is 0 Å². The fourth-order valence-electron chi connectivity index (χ4n) is 2.91. The fraction of sp³-hybridized carbons (Fsp3) is 0.538. The van der Waals surface area contributed by atoms with Gasteiger partial charge in [-0.15, -0.1) is 0 Å². The van der Waals surface area contributed by atoms with Crippen LogP contribution in [0, 0.1) is 0 Å². The summed E-state index contributed by atoms with van der Waals surface area (Å²) in [6.07, 6.45) is 4.00. The van der Waals surface area contributed by atoms with Gasteiger partial charge in [0.2, 0.25) is 0 Å². The van der Waals surface area contributed by atoms with Gasteiger partial charge in [-0.2, -0.15) is 0 Å². The summed E-state index contributed by atoms with van der Waals surface area (Å²) in [5, 5.41) is 0. The van der Waals surface area contributed by atoms with Gasteiger partial charge in [-0.1, -0.05) is 24.3 Å². The molecule has 74 valence electrons. The van der Waals surface area contributed by atoms with Gasteiger partial charge in [-0.05, 0) is 49.4 Å². The van der Waals surface area contributed by atoms with Gasteiger partial charge < -0.3 is 4.90 Å². The van der Waals surface area contributed by atoms with Gasteiger partial charge in [0, 0.05) is 6.54 Å². The van der Waals surface area contributed by atoms with Gasteiger partial charge in [0.05, 0.1) is 0 Å². The van der Waals surface area contributed by atoms with Crippen molar-refractivity contribution in [1.82, 2.24) is 4.90 Å². The van der Waals surface area contributed by atoms with Crippen LogP contribution in [0.2, 0.25) is 0 Å². The third-order valence-electron chi connectivity index (χ3n) is 3.78. The molecule has 0 amide bonds. The normalized spacial score (nSPS) is 30.6. The highest BCUT2D eigenvalue weighted by Gasteiger charge is 2.24. The third-order valence-corrected chi connectivity index (χ3v) is 3.78. The summed E-state index contributed by atoms with van der Waals surface area (Å²) in [6, 6.07) is 9.05. The molecule has 0 aliphatic carbocycles. The van der Waals surface area contributed by atoms with Gasteiger partial charge in [-0.25, -0.2) is 0 Å². The Morgan fingerprint density at radius 3 is 2.64 bits per heavy atom. The van der Waals surface area contributed by atoms with Crippen molar-refractivity contribution in [3.63, 3.8) is 0 Å². The Bertz CT molecular complexity index is 324. The van der Waals surface area contributed by atoms with E-state index in [9.17, 15) is 0 Å². The quantitative estimate of drug-likeness (QED) is 0.603. The Morgan fingerprint density at radius 2 is 1.79 bits per heavy atom. The largest absolute Gasteiger partial charge is 0.303 e. The standard InChI is InChI=1S/C13H17N/c1-2-4-13-11(3-1)5-8-14-9-6-12(13)7-10-14/h1-4,12H,5-10H2. The van der Waals surface area contributed by atoms with E-state index < -0.39 is 0 Å². The first-order valence-electron chi connectivity index (χ1n) is 5.73. The Hall–Kier alpha value is -0.820. The average Bonchev–Trinajstić information content (AvgIpc) is 2.23. The second kappa shape index (κ2) is 3.39. The van der Waals surface area contributed by atoms with Crippen LogP contribution in [0.15, 0.2) is 24.3 Å². The molecular formula is C13H17N. The molecule has 0 N–H and O–H groups in total. The van der Waals surface area contributed by atoms with Crippen LogP contribution in [0.3, 0.4) is 0 Å². The zero-order valence-corrected chi connectivity index (χ0v) is 8.58. The van der Waals surface area contributed by atoms with E-state index >= 15 is 0 Å². The molecule has 3 aliphatic rings. The first-order valence-corrected chi connectivity index (χ1v) is 5.73. The van der Waals surface area contributed by atoms with Gasteiger partial charge in [0.25, 0.3) is 0 Å². The smallest absolute Gasteiger partial charge is 0.00219 e. The van der Waals surface area contributed by atoms with Gasteiger partial charge in [0.15, 0.2) is 0 Å². The molecule has 0 atom stereocenters. The van der Waals surface area contributed by atoms with E-state index in [-0.39, 0.29) is 0 Å². The Kier molecular flexibility index (Phi) is 2.06. The van der Waals surface area contributed by atoms with Crippen LogP contribution in [0.25, 0.3) is 0 Å². The minimum absolute atomic E-state index is 0.850. The Labute approximate surface area is 85.7 Å². The van der Waals surface area contributed by atoms with Crippen molar-refractivity contribution in [2.75, 3.05) is 19.6 Å². The van der Waals surface area contributed by atoms with Crippen molar-refractivity contribution < 1.29 is 0 Å². The molecule has 4 rings (SSSR count). The van der Waals surface area contributed by atoms with E-state index in [2.05, 4.69) is 29.2 Å². The van der Waals surface area contributed by atoms with E-state index in [0.717, 1.165) is 5.92 Å². The predicted molar refractivity (Wildman–Crippen MR) is 58.6 cm³/mol. The number of hydrogen-bond donors (Lipinski definition) is 0. The maximum atomic E-state index is 2.62. The zero-order valence-electron chi connectivity index (χ0n) is 8.58. The molecule has 3 heterocycles. The molecule has 1 heteroatoms. The van der Waals surface area contributed by atoms with E-state index in [1.54, 1.807) is 11.1 Å². The molecule has 0 radical (unpaired) electrons. The fourth-order valence-corrected chi connectivity index (χ4v) is 2.91. The van der Waals surface area contributed by atoms with Crippen molar-refractivity contribution in [2.24, 2.45) is 0 Å². The van der Waals surface area contributed by atoms with Crippen LogP contribution < -0.4 is 0 Å². The molecule has 0 unspecified atom stereocenters. The number of nitrogens with zero attached hydrogens (tertiary/aromatic N) is 1. The number of piperidine rings is 1. The van der Waals surface area contributed by atoms with Crippen LogP contribution in [0.5, 0.6) is 0 Å². The van der Waals surface area contributed by atoms with Crippen LogP contribution in [-0.2, 0) is 6.42 Å². The van der Waals surface area contributed by atoms with Gasteiger partial charge >= 0.3 is 0 Å². The topological polar surface area (TPSA) is 3.24 Å². The summed E-state index contributed by atoms with van der Waals surface area (Å²) < 4.78 is 0. The molecule has 2 bridgehead atoms. The highest BCUT2D eigenvalue weighted by atomic mass is 15.1. The molecule has 1 aromatic rings. The van der Waals surface area contributed by atoms with E-state index in [0.29, 0.717) is 0 Å². The molecule has 0 spiro atoms. The lowest BCUT2D eigenvalue weighted by atomic mass is 9.84. The second-order valence-corrected chi connectivity index (χ2v) is 4.56. The van der Waals surface area contributed by atoms with Crippen molar-refractivity contribution in [1.29, 1.82) is 0 Å². The minimum atomic E-state index is 0.850. The van der Waals surface area contributed by atoms with Crippen molar-refractivity contribution in [3.8, 4) is 0 Å². The number of hydrogen-bond acceptors (Lipinski definition) is 1. The second-order valence-electron chi connectivity index (χ2n) is 4.56. The lowest BCUT2D eigenvalue weighted by Gasteiger charge is -2.36. The summed E-state index contributed by atoms with van der Waals surface area (Å²) >= 11 is 0. The molecule has 1 saturated heterocycles. The monoisotopic (exact) mass is 187 g/mol. The first kappa shape index (κ1) is 8.49. The van der Waals surface area contributed by atoms with Crippen molar-refractivity contribution in [2.45, 2.75) is 25.2 Å². The third kappa shape index (κ3) is 1.36. The summed E-state index contributed by atoms with van der Waals surface area (Å²) in [5.41, 5.74) is 3.24. The van der Waals surface area contributed by atoms with Gasteiger partial charge in [0.1, 0.15) is 0 Å². The lowest BCUT2D eigenvalue weighted by molar-refractivity contribution is 0.206. The molecule has 1 fully saturated rings. The summed E-state index contributed by atoms with van der Waals surface area (Å²) in [6.45, 7) is 3.90. The Balaban J connectivity index is 2.02. The average molecular weight is 187 g/mol. The molecule has 1 aromatic carbocycles. The summed E-state index contributed by atoms with van der Waals surface area (Å²) in [4.78, 5) is 2.62. The van der Waals surface area contributed by atoms with Gasteiger partial charge in [-0.3, -0.25) is 0 Å². The Morgan fingerprint density at radius 1 is 1.00 bits per heavy atom. The van der Waals surface area contributed by atoms with Crippen molar-refractivity contribution in [3.05, 3.63) is 35.4 Å². The lowest BCUT2D eigenvalue weighted by Crippen LogP contribution is -2.36. The van der Waals surface area contributed by atoms with E-state index in [1.807, 2.05) is 0 Å². The summed E-state index contributed by atoms with van der Waals surface area (Å²) in [5.74, 6) is 0.850. The molecule has 0 saturated carbocycles. The summed E-state index contributed by atoms with van der Waals surface area (Å²) in [7, 11) is 0. The maximum absolute atomic E-state index is 2.62. The SMILES string of the molecule is c1ccc2c(c1)CCN1CCC2CC1. The highest BCUT2D eigenvalue weighted by molar-refractivity contribution is 5.32. The van der Waals surface area contributed by atoms with Crippen LogP contribution >= 0.6 is 0 Å². The van der Waals surface area contributed by atoms with E-state index in [1.165, 1.54) is 38.9 Å².